The first-order valence-electron chi connectivity index (χ1n) is 8.16. The van der Waals surface area contributed by atoms with Crippen molar-refractivity contribution in [3.63, 3.8) is 0 Å². The van der Waals surface area contributed by atoms with Crippen molar-refractivity contribution in [2.45, 2.75) is 0 Å². The Morgan fingerprint density at radius 2 is 0.690 bits per heavy atom. The third-order valence-corrected chi connectivity index (χ3v) is 3.40. The predicted molar refractivity (Wildman–Crippen MR) is 112 cm³/mol. The summed E-state index contributed by atoms with van der Waals surface area (Å²) in [6.07, 6.45) is 0. The zero-order chi connectivity index (χ0) is 19.9. The van der Waals surface area contributed by atoms with Crippen LogP contribution in [0.5, 0.6) is 0 Å². The molecule has 2 aromatic heterocycles. The highest BCUT2D eigenvalue weighted by Crippen LogP contribution is 2.15. The first kappa shape index (κ1) is 20.9. The van der Waals surface area contributed by atoms with Crippen LogP contribution in [0.4, 0.5) is 23.8 Å². The Morgan fingerprint density at radius 1 is 0.414 bits per heavy atom. The van der Waals surface area contributed by atoms with Gasteiger partial charge in [0.1, 0.15) is 0 Å². The van der Waals surface area contributed by atoms with Gasteiger partial charge < -0.3 is 28.4 Å². The highest BCUT2D eigenvalue weighted by Gasteiger charge is 2.04. The molecule has 0 bridgehead atoms. The van der Waals surface area contributed by atoms with Gasteiger partial charge in [0.05, 0.1) is 0 Å². The summed E-state index contributed by atoms with van der Waals surface area (Å²) in [5.74, 6) is 1.53. The number of benzene rings is 2. The van der Waals surface area contributed by atoms with E-state index in [1.807, 2.05) is 60.7 Å². The van der Waals surface area contributed by atoms with Crippen molar-refractivity contribution in [3.8, 4) is 22.8 Å². The molecule has 148 valence electrons. The minimum atomic E-state index is 0. The summed E-state index contributed by atoms with van der Waals surface area (Å²) in [6.45, 7) is 0. The first-order chi connectivity index (χ1) is 13.5. The molecule has 0 radical (unpaired) electrons. The van der Waals surface area contributed by atoms with E-state index in [1.165, 1.54) is 0 Å². The number of aromatic nitrogens is 6. The molecular formula is C18H20N10O. The first-order valence-corrected chi connectivity index (χ1v) is 8.16. The molecule has 11 heteroatoms. The zero-order valence-corrected chi connectivity index (χ0v) is 15.3. The second-order valence-corrected chi connectivity index (χ2v) is 5.48. The summed E-state index contributed by atoms with van der Waals surface area (Å²) in [7, 11) is 0. The van der Waals surface area contributed by atoms with Crippen molar-refractivity contribution >= 4 is 23.8 Å². The Labute approximate surface area is 166 Å². The standard InChI is InChI=1S/2C9H9N5.H2O/c2*10-8-12-7(13-9(11)14-8)6-4-2-1-3-5-6;/h2*1-5H,(H4,10,11,12,13,14);1H2. The van der Waals surface area contributed by atoms with Gasteiger partial charge in [0, 0.05) is 11.1 Å². The van der Waals surface area contributed by atoms with Gasteiger partial charge in [0.25, 0.3) is 0 Å². The van der Waals surface area contributed by atoms with E-state index in [0.717, 1.165) is 11.1 Å². The van der Waals surface area contributed by atoms with Crippen LogP contribution >= 0.6 is 0 Å². The lowest BCUT2D eigenvalue weighted by molar-refractivity contribution is 0.824. The monoisotopic (exact) mass is 392 g/mol. The van der Waals surface area contributed by atoms with E-state index in [2.05, 4.69) is 29.9 Å². The lowest BCUT2D eigenvalue weighted by Crippen LogP contribution is -2.04. The van der Waals surface area contributed by atoms with Gasteiger partial charge in [-0.15, -0.1) is 0 Å². The van der Waals surface area contributed by atoms with Gasteiger partial charge in [0.15, 0.2) is 11.6 Å². The largest absolute Gasteiger partial charge is 0.412 e. The third-order valence-electron chi connectivity index (χ3n) is 3.40. The molecule has 0 aliphatic rings. The van der Waals surface area contributed by atoms with Crippen molar-refractivity contribution in [1.29, 1.82) is 0 Å². The molecule has 29 heavy (non-hydrogen) atoms. The summed E-state index contributed by atoms with van der Waals surface area (Å²) in [6, 6.07) is 18.9. The highest BCUT2D eigenvalue weighted by atomic mass is 16.0. The molecule has 11 nitrogen and oxygen atoms in total. The van der Waals surface area contributed by atoms with E-state index in [-0.39, 0.29) is 29.3 Å². The summed E-state index contributed by atoms with van der Waals surface area (Å²) in [5, 5.41) is 0. The Hall–Kier alpha value is -4.38. The van der Waals surface area contributed by atoms with Crippen LogP contribution in [-0.2, 0) is 0 Å². The number of nitrogen functional groups attached to an aromatic ring is 4. The van der Waals surface area contributed by atoms with Crippen LogP contribution in [0.2, 0.25) is 0 Å². The summed E-state index contributed by atoms with van der Waals surface area (Å²) in [4.78, 5) is 23.3. The molecule has 2 aromatic carbocycles. The fourth-order valence-electron chi connectivity index (χ4n) is 2.25. The van der Waals surface area contributed by atoms with Crippen LogP contribution in [0.25, 0.3) is 22.8 Å². The van der Waals surface area contributed by atoms with E-state index < -0.39 is 0 Å². The second kappa shape index (κ2) is 9.53. The second-order valence-electron chi connectivity index (χ2n) is 5.48. The van der Waals surface area contributed by atoms with Crippen molar-refractivity contribution in [2.24, 2.45) is 0 Å². The molecule has 0 unspecified atom stereocenters. The van der Waals surface area contributed by atoms with Gasteiger partial charge in [-0.25, -0.2) is 0 Å². The van der Waals surface area contributed by atoms with Crippen LogP contribution in [0.3, 0.4) is 0 Å². The smallest absolute Gasteiger partial charge is 0.225 e. The zero-order valence-electron chi connectivity index (χ0n) is 15.3. The maximum atomic E-state index is 5.45. The normalized spacial score (nSPS) is 9.66. The van der Waals surface area contributed by atoms with E-state index in [0.29, 0.717) is 11.6 Å². The Balaban J connectivity index is 0.000000200. The SMILES string of the molecule is Nc1nc(N)nc(-c2ccccc2)n1.Nc1nc(N)nc(-c2ccccc2)n1.O. The molecule has 10 N–H and O–H groups in total. The molecule has 4 rings (SSSR count). The molecule has 0 aliphatic heterocycles. The Bertz CT molecular complexity index is 933. The topological polar surface area (TPSA) is 213 Å². The Morgan fingerprint density at radius 3 is 0.966 bits per heavy atom. The molecule has 0 saturated heterocycles. The molecule has 0 amide bonds. The van der Waals surface area contributed by atoms with Crippen molar-refractivity contribution in [3.05, 3.63) is 60.7 Å². The van der Waals surface area contributed by atoms with Gasteiger partial charge in [-0.05, 0) is 0 Å². The van der Waals surface area contributed by atoms with Crippen molar-refractivity contribution in [2.75, 3.05) is 22.9 Å². The fraction of sp³-hybridized carbons (Fsp3) is 0. The van der Waals surface area contributed by atoms with Gasteiger partial charge in [-0.1, -0.05) is 60.7 Å². The lowest BCUT2D eigenvalue weighted by Gasteiger charge is -2.00. The minimum Gasteiger partial charge on any atom is -0.412 e. The summed E-state index contributed by atoms with van der Waals surface area (Å²) in [5.41, 5.74) is 23.6. The van der Waals surface area contributed by atoms with Crippen molar-refractivity contribution in [1.82, 2.24) is 29.9 Å². The molecule has 4 aromatic rings. The average Bonchev–Trinajstić information content (AvgIpc) is 2.68. The number of hydrogen-bond acceptors (Lipinski definition) is 10. The lowest BCUT2D eigenvalue weighted by atomic mass is 10.2. The van der Waals surface area contributed by atoms with Gasteiger partial charge in [-0.2, -0.15) is 29.9 Å². The molecule has 0 atom stereocenters. The molecule has 0 spiro atoms. The van der Waals surface area contributed by atoms with E-state index in [9.17, 15) is 0 Å². The predicted octanol–water partition coefficient (Wildman–Crippen LogP) is 0.581. The van der Waals surface area contributed by atoms with Crippen LogP contribution in [-0.4, -0.2) is 35.4 Å². The number of anilines is 4. The number of rotatable bonds is 2. The molecular weight excluding hydrogens is 372 g/mol. The van der Waals surface area contributed by atoms with Crippen molar-refractivity contribution < 1.29 is 5.48 Å². The molecule has 0 aliphatic carbocycles. The highest BCUT2D eigenvalue weighted by molar-refractivity contribution is 5.57. The van der Waals surface area contributed by atoms with E-state index in [1.54, 1.807) is 0 Å². The Kier molecular flexibility index (Phi) is 6.87. The number of hydrogen-bond donors (Lipinski definition) is 4. The fourth-order valence-corrected chi connectivity index (χ4v) is 2.25. The molecule has 0 fully saturated rings. The van der Waals surface area contributed by atoms with Gasteiger partial charge >= 0.3 is 0 Å². The maximum absolute atomic E-state index is 5.45. The van der Waals surface area contributed by atoms with Gasteiger partial charge in [0.2, 0.25) is 23.8 Å². The minimum absolute atomic E-state index is 0. The quantitative estimate of drug-likeness (QED) is 0.372. The van der Waals surface area contributed by atoms with E-state index in [4.69, 9.17) is 22.9 Å². The van der Waals surface area contributed by atoms with Gasteiger partial charge in [-0.3, -0.25) is 0 Å². The van der Waals surface area contributed by atoms with Crippen LogP contribution in [0.1, 0.15) is 0 Å². The number of nitrogens with two attached hydrogens (primary N) is 4. The number of nitrogens with zero attached hydrogens (tertiary/aromatic N) is 6. The third kappa shape index (κ3) is 5.80. The molecule has 2 heterocycles. The summed E-state index contributed by atoms with van der Waals surface area (Å²) >= 11 is 0. The van der Waals surface area contributed by atoms with Crippen LogP contribution in [0, 0.1) is 0 Å². The van der Waals surface area contributed by atoms with Crippen LogP contribution in [0.15, 0.2) is 60.7 Å². The summed E-state index contributed by atoms with van der Waals surface area (Å²) < 4.78 is 0. The van der Waals surface area contributed by atoms with E-state index >= 15 is 0 Å². The maximum Gasteiger partial charge on any atom is 0.225 e. The molecule has 0 saturated carbocycles. The van der Waals surface area contributed by atoms with Crippen LogP contribution < -0.4 is 22.9 Å². The average molecular weight is 392 g/mol.